The molecule has 1 atom stereocenters. The highest BCUT2D eigenvalue weighted by Gasteiger charge is 2.23. The summed E-state index contributed by atoms with van der Waals surface area (Å²) in [7, 11) is -1.47. The third kappa shape index (κ3) is 4.53. The van der Waals surface area contributed by atoms with Gasteiger partial charge in [-0.3, -0.25) is 4.79 Å². The van der Waals surface area contributed by atoms with E-state index in [1.54, 1.807) is 11.8 Å². The van der Waals surface area contributed by atoms with Crippen molar-refractivity contribution in [2.75, 3.05) is 11.1 Å². The first-order chi connectivity index (χ1) is 7.93. The quantitative estimate of drug-likeness (QED) is 0.764. The lowest BCUT2D eigenvalue weighted by Crippen LogP contribution is -2.45. The van der Waals surface area contributed by atoms with Gasteiger partial charge in [-0.25, -0.2) is 0 Å². The normalized spacial score (nSPS) is 13.4. The number of rotatable bonds is 6. The molecule has 3 nitrogen and oxygen atoms in total. The van der Waals surface area contributed by atoms with Crippen molar-refractivity contribution in [3.8, 4) is 0 Å². The zero-order chi connectivity index (χ0) is 12.9. The Balaban J connectivity index is 2.48. The van der Waals surface area contributed by atoms with Crippen LogP contribution in [0.3, 0.4) is 0 Å². The molecule has 1 aromatic carbocycles. The van der Waals surface area contributed by atoms with Crippen molar-refractivity contribution in [2.24, 2.45) is 5.73 Å². The van der Waals surface area contributed by atoms with Gasteiger partial charge in [0.1, 0.15) is 6.04 Å². The lowest BCUT2D eigenvalue weighted by atomic mass is 10.4. The van der Waals surface area contributed by atoms with Gasteiger partial charge in [0.25, 0.3) is 0 Å². The Morgan fingerprint density at radius 3 is 2.53 bits per heavy atom. The van der Waals surface area contributed by atoms with E-state index in [1.165, 1.54) is 5.19 Å². The summed E-state index contributed by atoms with van der Waals surface area (Å²) in [6, 6.07) is 9.69. The summed E-state index contributed by atoms with van der Waals surface area (Å²) in [6.45, 7) is 4.59. The SMILES string of the molecule is C[Si](C)(CSCC(N)C(=O)O)c1ccccc1. The van der Waals surface area contributed by atoms with E-state index in [2.05, 4.69) is 37.4 Å². The van der Waals surface area contributed by atoms with Gasteiger partial charge < -0.3 is 10.8 Å². The molecule has 1 unspecified atom stereocenters. The third-order valence-electron chi connectivity index (χ3n) is 2.63. The molecule has 0 saturated heterocycles. The largest absolute Gasteiger partial charge is 0.480 e. The van der Waals surface area contributed by atoms with Crippen LogP contribution in [0.5, 0.6) is 0 Å². The van der Waals surface area contributed by atoms with Crippen LogP contribution in [-0.4, -0.2) is 36.3 Å². The van der Waals surface area contributed by atoms with Crippen molar-refractivity contribution in [2.45, 2.75) is 19.1 Å². The first-order valence-corrected chi connectivity index (χ1v) is 9.91. The summed E-state index contributed by atoms with van der Waals surface area (Å²) in [5.41, 5.74) is 5.48. The molecule has 0 aromatic heterocycles. The molecular weight excluding hydrogens is 250 g/mol. The molecule has 1 aromatic rings. The first-order valence-electron chi connectivity index (χ1n) is 5.55. The molecule has 5 heteroatoms. The number of carboxylic acids is 1. The van der Waals surface area contributed by atoms with Crippen molar-refractivity contribution in [3.05, 3.63) is 30.3 Å². The van der Waals surface area contributed by atoms with E-state index < -0.39 is 20.1 Å². The molecule has 0 radical (unpaired) electrons. The Labute approximate surface area is 107 Å². The van der Waals surface area contributed by atoms with Crippen LogP contribution in [0.4, 0.5) is 0 Å². The molecule has 0 spiro atoms. The molecule has 0 amide bonds. The van der Waals surface area contributed by atoms with Crippen LogP contribution in [0.15, 0.2) is 30.3 Å². The predicted molar refractivity (Wildman–Crippen MR) is 76.5 cm³/mol. The maximum atomic E-state index is 10.6. The second-order valence-corrected chi connectivity index (χ2v) is 11.0. The number of carboxylic acid groups (broad SMARTS) is 1. The van der Waals surface area contributed by atoms with E-state index in [1.807, 2.05) is 6.07 Å². The van der Waals surface area contributed by atoms with E-state index in [4.69, 9.17) is 10.8 Å². The number of thioether (sulfide) groups is 1. The van der Waals surface area contributed by atoms with Crippen molar-refractivity contribution >= 4 is 31.0 Å². The van der Waals surface area contributed by atoms with Crippen LogP contribution in [0.25, 0.3) is 0 Å². The Bertz CT molecular complexity index is 370. The first kappa shape index (κ1) is 14.3. The maximum Gasteiger partial charge on any atom is 0.321 e. The molecule has 0 aliphatic rings. The van der Waals surface area contributed by atoms with Crippen molar-refractivity contribution in [1.82, 2.24) is 0 Å². The molecule has 0 aliphatic heterocycles. The Hall–Kier alpha value is -0.783. The van der Waals surface area contributed by atoms with E-state index in [0.717, 1.165) is 5.38 Å². The molecule has 0 aliphatic carbocycles. The van der Waals surface area contributed by atoms with Gasteiger partial charge in [-0.15, -0.1) is 0 Å². The molecule has 94 valence electrons. The van der Waals surface area contributed by atoms with Gasteiger partial charge in [0.15, 0.2) is 0 Å². The highest BCUT2D eigenvalue weighted by atomic mass is 32.2. The Kier molecular flexibility index (Phi) is 5.23. The number of benzene rings is 1. The number of hydrogen-bond donors (Lipinski definition) is 2. The van der Waals surface area contributed by atoms with Crippen molar-refractivity contribution in [1.29, 1.82) is 0 Å². The van der Waals surface area contributed by atoms with Crippen LogP contribution >= 0.6 is 11.8 Å². The summed E-state index contributed by atoms with van der Waals surface area (Å²) in [6.07, 6.45) is 0. The fraction of sp³-hybridized carbons (Fsp3) is 0.417. The van der Waals surface area contributed by atoms with Gasteiger partial charge >= 0.3 is 5.97 Å². The monoisotopic (exact) mass is 269 g/mol. The van der Waals surface area contributed by atoms with E-state index in [0.29, 0.717) is 5.75 Å². The minimum absolute atomic E-state index is 0.485. The van der Waals surface area contributed by atoms with Crippen LogP contribution in [0.2, 0.25) is 13.1 Å². The maximum absolute atomic E-state index is 10.6. The average Bonchev–Trinajstić information content (AvgIpc) is 2.29. The topological polar surface area (TPSA) is 63.3 Å². The molecule has 1 rings (SSSR count). The van der Waals surface area contributed by atoms with Crippen molar-refractivity contribution in [3.63, 3.8) is 0 Å². The minimum Gasteiger partial charge on any atom is -0.480 e. The summed E-state index contributed by atoms with van der Waals surface area (Å²) < 4.78 is 0. The summed E-state index contributed by atoms with van der Waals surface area (Å²) in [5, 5.41) is 11.1. The summed E-state index contributed by atoms with van der Waals surface area (Å²) in [5.74, 6) is -0.435. The average molecular weight is 269 g/mol. The van der Waals surface area contributed by atoms with Crippen LogP contribution in [-0.2, 0) is 4.79 Å². The van der Waals surface area contributed by atoms with Crippen LogP contribution in [0, 0.1) is 0 Å². The smallest absolute Gasteiger partial charge is 0.321 e. The number of aliphatic carboxylic acids is 1. The molecule has 0 saturated carbocycles. The third-order valence-corrected chi connectivity index (χ3v) is 8.83. The Morgan fingerprint density at radius 2 is 2.00 bits per heavy atom. The lowest BCUT2D eigenvalue weighted by Gasteiger charge is -2.22. The summed E-state index contributed by atoms with van der Waals surface area (Å²) in [4.78, 5) is 10.6. The highest BCUT2D eigenvalue weighted by molar-refractivity contribution is 8.01. The van der Waals surface area contributed by atoms with Gasteiger partial charge in [0, 0.05) is 5.75 Å². The highest BCUT2D eigenvalue weighted by Crippen LogP contribution is 2.13. The van der Waals surface area contributed by atoms with Crippen molar-refractivity contribution < 1.29 is 9.90 Å². The minimum atomic E-state index is -1.47. The molecule has 17 heavy (non-hydrogen) atoms. The van der Waals surface area contributed by atoms with E-state index in [9.17, 15) is 4.79 Å². The van der Waals surface area contributed by atoms with Gasteiger partial charge in [0.2, 0.25) is 0 Å². The van der Waals surface area contributed by atoms with Crippen LogP contribution in [0.1, 0.15) is 0 Å². The van der Waals surface area contributed by atoms with Gasteiger partial charge in [-0.05, 0) is 5.38 Å². The molecule has 0 heterocycles. The number of hydrogen-bond acceptors (Lipinski definition) is 3. The fourth-order valence-electron chi connectivity index (χ4n) is 1.49. The fourth-order valence-corrected chi connectivity index (χ4v) is 6.16. The van der Waals surface area contributed by atoms with Gasteiger partial charge in [-0.1, -0.05) is 48.6 Å². The van der Waals surface area contributed by atoms with Crippen LogP contribution < -0.4 is 10.9 Å². The molecular formula is C12H19NO2SSi. The number of carbonyl (C=O) groups is 1. The van der Waals surface area contributed by atoms with E-state index >= 15 is 0 Å². The molecule has 0 fully saturated rings. The van der Waals surface area contributed by atoms with Gasteiger partial charge in [0.05, 0.1) is 8.07 Å². The molecule has 3 N–H and O–H groups in total. The summed E-state index contributed by atoms with van der Waals surface area (Å²) >= 11 is 1.65. The molecule has 0 bridgehead atoms. The Morgan fingerprint density at radius 1 is 1.41 bits per heavy atom. The predicted octanol–water partition coefficient (Wildman–Crippen LogP) is 1.29. The van der Waals surface area contributed by atoms with E-state index in [-0.39, 0.29) is 0 Å². The second kappa shape index (κ2) is 6.23. The second-order valence-electron chi connectivity index (χ2n) is 4.71. The zero-order valence-electron chi connectivity index (χ0n) is 10.2. The zero-order valence-corrected chi connectivity index (χ0v) is 12.0. The standard InChI is InChI=1S/C12H19NO2SSi/c1-17(2,10-6-4-3-5-7-10)9-16-8-11(13)12(14)15/h3-7,11H,8-9,13H2,1-2H3,(H,14,15). The van der Waals surface area contributed by atoms with Gasteiger partial charge in [-0.2, -0.15) is 11.8 Å². The number of nitrogens with two attached hydrogens (primary N) is 1. The lowest BCUT2D eigenvalue weighted by molar-refractivity contribution is -0.137.